The highest BCUT2D eigenvalue weighted by Crippen LogP contribution is 2.76. The average Bonchev–Trinajstić information content (AvgIpc) is 2.78. The highest BCUT2D eigenvalue weighted by atomic mass is 16.5. The summed E-state index contributed by atoms with van der Waals surface area (Å²) in [7, 11) is 0. The third-order valence-electron chi connectivity index (χ3n) is 13.6. The lowest BCUT2D eigenvalue weighted by atomic mass is 9.33. The zero-order valence-electron chi connectivity index (χ0n) is 25.8. The Labute approximate surface area is 227 Å². The Hall–Kier alpha value is -0.830. The van der Waals surface area contributed by atoms with Gasteiger partial charge >= 0.3 is 5.97 Å². The van der Waals surface area contributed by atoms with Gasteiger partial charge in [-0.3, -0.25) is 4.79 Å². The van der Waals surface area contributed by atoms with Crippen molar-refractivity contribution in [2.45, 2.75) is 139 Å². The molecule has 210 valence electrons. The van der Waals surface area contributed by atoms with Gasteiger partial charge in [0.1, 0.15) is 6.10 Å². The summed E-state index contributed by atoms with van der Waals surface area (Å²) in [5.41, 5.74) is 3.21. The van der Waals surface area contributed by atoms with Crippen LogP contribution in [0.3, 0.4) is 0 Å². The number of carbonyl (C=O) groups excluding carboxylic acids is 1. The molecular weight excluding hydrogens is 456 g/mol. The number of hydrogen-bond donors (Lipinski definition) is 0. The number of ether oxygens (including phenoxy) is 2. The van der Waals surface area contributed by atoms with Gasteiger partial charge in [-0.1, -0.05) is 67.0 Å². The lowest BCUT2D eigenvalue weighted by Crippen LogP contribution is -2.67. The first-order valence-electron chi connectivity index (χ1n) is 15.6. The molecule has 0 aromatic carbocycles. The van der Waals surface area contributed by atoms with Crippen molar-refractivity contribution in [3.63, 3.8) is 0 Å². The van der Waals surface area contributed by atoms with Crippen LogP contribution < -0.4 is 0 Å². The van der Waals surface area contributed by atoms with Crippen LogP contribution in [0.15, 0.2) is 11.6 Å². The van der Waals surface area contributed by atoms with E-state index in [0.29, 0.717) is 28.6 Å². The molecule has 0 N–H and O–H groups in total. The number of esters is 1. The second kappa shape index (κ2) is 8.58. The van der Waals surface area contributed by atoms with E-state index in [0.717, 1.165) is 19.4 Å². The molecule has 4 saturated carbocycles. The van der Waals surface area contributed by atoms with Gasteiger partial charge in [-0.25, -0.2) is 0 Å². The first kappa shape index (κ1) is 27.7. The minimum absolute atomic E-state index is 0.0168. The normalized spacial score (nSPS) is 50.0. The lowest BCUT2D eigenvalue weighted by Gasteiger charge is -2.72. The topological polar surface area (TPSA) is 35.5 Å². The van der Waals surface area contributed by atoms with E-state index in [-0.39, 0.29) is 39.8 Å². The summed E-state index contributed by atoms with van der Waals surface area (Å²) in [4.78, 5) is 12.0. The van der Waals surface area contributed by atoms with E-state index in [1.807, 2.05) is 0 Å². The van der Waals surface area contributed by atoms with Gasteiger partial charge in [0.2, 0.25) is 0 Å². The molecule has 0 aromatic rings. The van der Waals surface area contributed by atoms with Crippen molar-refractivity contribution in [1.29, 1.82) is 0 Å². The number of fused-ring (bicyclic) bond motifs is 7. The molecule has 5 rings (SSSR count). The van der Waals surface area contributed by atoms with Gasteiger partial charge in [0, 0.05) is 24.9 Å². The van der Waals surface area contributed by atoms with Gasteiger partial charge in [0.15, 0.2) is 0 Å². The molecule has 37 heavy (non-hydrogen) atoms. The monoisotopic (exact) mass is 512 g/mol. The van der Waals surface area contributed by atoms with Crippen molar-refractivity contribution in [2.24, 2.45) is 50.2 Å². The van der Waals surface area contributed by atoms with Crippen molar-refractivity contribution in [3.05, 3.63) is 11.6 Å². The predicted molar refractivity (Wildman–Crippen MR) is 151 cm³/mol. The molecule has 0 amide bonds. The SMILES string of the molecule is CCO[C@H]1C=C2C3CC(C)(C)CC[C@]3(C)CC[C@@]2(C)[C@]2(C)CCC3C(C)(C)C(OC(C)=O)CC[C@]3(C)C12. The molecule has 5 aliphatic carbocycles. The molecule has 9 atom stereocenters. The molecule has 4 fully saturated rings. The van der Waals surface area contributed by atoms with Crippen molar-refractivity contribution < 1.29 is 14.3 Å². The predicted octanol–water partition coefficient (Wildman–Crippen LogP) is 8.75. The maximum absolute atomic E-state index is 12.0. The van der Waals surface area contributed by atoms with Crippen molar-refractivity contribution in [2.75, 3.05) is 6.61 Å². The number of carbonyl (C=O) groups is 1. The fourth-order valence-electron chi connectivity index (χ4n) is 11.3. The molecule has 4 unspecified atom stereocenters. The van der Waals surface area contributed by atoms with E-state index < -0.39 is 0 Å². The fourth-order valence-corrected chi connectivity index (χ4v) is 11.3. The van der Waals surface area contributed by atoms with Gasteiger partial charge in [0.25, 0.3) is 0 Å². The van der Waals surface area contributed by atoms with Gasteiger partial charge in [-0.15, -0.1) is 0 Å². The molecule has 0 spiro atoms. The first-order chi connectivity index (χ1) is 17.0. The van der Waals surface area contributed by atoms with E-state index in [1.54, 1.807) is 12.5 Å². The molecule has 5 aliphatic rings. The summed E-state index contributed by atoms with van der Waals surface area (Å²) in [6, 6.07) is 0. The van der Waals surface area contributed by atoms with Gasteiger partial charge in [-0.05, 0) is 104 Å². The van der Waals surface area contributed by atoms with E-state index in [9.17, 15) is 4.79 Å². The van der Waals surface area contributed by atoms with E-state index in [1.165, 1.54) is 44.9 Å². The largest absolute Gasteiger partial charge is 0.462 e. The second-order valence-corrected chi connectivity index (χ2v) is 16.4. The summed E-state index contributed by atoms with van der Waals surface area (Å²) >= 11 is 0. The maximum atomic E-state index is 12.0. The average molecular weight is 513 g/mol. The fraction of sp³-hybridized carbons (Fsp3) is 0.912. The number of rotatable bonds is 3. The van der Waals surface area contributed by atoms with Crippen molar-refractivity contribution in [3.8, 4) is 0 Å². The lowest BCUT2D eigenvalue weighted by molar-refractivity contribution is -0.234. The molecule has 0 bridgehead atoms. The molecule has 0 saturated heterocycles. The van der Waals surface area contributed by atoms with Crippen molar-refractivity contribution in [1.82, 2.24) is 0 Å². The van der Waals surface area contributed by atoms with Crippen LogP contribution in [0, 0.1) is 50.2 Å². The molecule has 0 radical (unpaired) electrons. The Morgan fingerprint density at radius 2 is 1.59 bits per heavy atom. The Morgan fingerprint density at radius 3 is 2.24 bits per heavy atom. The van der Waals surface area contributed by atoms with E-state index in [4.69, 9.17) is 9.47 Å². The molecule has 0 aliphatic heterocycles. The van der Waals surface area contributed by atoms with Gasteiger partial charge in [-0.2, -0.15) is 0 Å². The Balaban J connectivity index is 1.61. The van der Waals surface area contributed by atoms with Crippen LogP contribution in [0.25, 0.3) is 0 Å². The summed E-state index contributed by atoms with van der Waals surface area (Å²) in [5, 5.41) is 0. The highest BCUT2D eigenvalue weighted by Gasteiger charge is 2.70. The molecule has 0 heterocycles. The molecule has 3 nitrogen and oxygen atoms in total. The highest BCUT2D eigenvalue weighted by molar-refractivity contribution is 5.66. The zero-order valence-corrected chi connectivity index (χ0v) is 25.8. The van der Waals surface area contributed by atoms with Crippen LogP contribution in [-0.4, -0.2) is 24.8 Å². The van der Waals surface area contributed by atoms with Crippen molar-refractivity contribution >= 4 is 5.97 Å². The van der Waals surface area contributed by atoms with E-state index >= 15 is 0 Å². The maximum Gasteiger partial charge on any atom is 0.302 e. The summed E-state index contributed by atoms with van der Waals surface area (Å²) in [5.74, 6) is 1.57. The number of hydrogen-bond acceptors (Lipinski definition) is 3. The summed E-state index contributed by atoms with van der Waals surface area (Å²) in [6.45, 7) is 24.8. The first-order valence-corrected chi connectivity index (χ1v) is 15.6. The second-order valence-electron chi connectivity index (χ2n) is 16.4. The van der Waals surface area contributed by atoms with E-state index in [2.05, 4.69) is 68.4 Å². The van der Waals surface area contributed by atoms with Crippen LogP contribution in [0.4, 0.5) is 0 Å². The molecule has 0 aromatic heterocycles. The quantitative estimate of drug-likeness (QED) is 0.280. The Morgan fingerprint density at radius 1 is 0.919 bits per heavy atom. The smallest absolute Gasteiger partial charge is 0.302 e. The van der Waals surface area contributed by atoms with Crippen LogP contribution in [-0.2, 0) is 14.3 Å². The van der Waals surface area contributed by atoms with Gasteiger partial charge < -0.3 is 9.47 Å². The zero-order chi connectivity index (χ0) is 27.2. The third-order valence-corrected chi connectivity index (χ3v) is 13.6. The third kappa shape index (κ3) is 3.86. The van der Waals surface area contributed by atoms with Crippen LogP contribution in [0.1, 0.15) is 127 Å². The summed E-state index contributed by atoms with van der Waals surface area (Å²) < 4.78 is 12.7. The minimum Gasteiger partial charge on any atom is -0.462 e. The van der Waals surface area contributed by atoms with Crippen LogP contribution in [0.5, 0.6) is 0 Å². The Kier molecular flexibility index (Phi) is 6.43. The van der Waals surface area contributed by atoms with Crippen LogP contribution in [0.2, 0.25) is 0 Å². The Bertz CT molecular complexity index is 962. The van der Waals surface area contributed by atoms with Gasteiger partial charge in [0.05, 0.1) is 6.10 Å². The number of allylic oxidation sites excluding steroid dienone is 1. The van der Waals surface area contributed by atoms with Crippen LogP contribution >= 0.6 is 0 Å². The minimum atomic E-state index is -0.132. The molecular formula is C34H56O3. The standard InChI is InChI=1S/C34H56O3/c1-11-36-25-20-23-24-21-29(3,4)16-17-31(24,7)18-19-33(23,9)34(10)15-12-26-30(5,6)27(37-22(2)35)13-14-32(26,8)28(25)34/h20,24-28H,11-19,21H2,1-10H3/t24?,25-,26?,27?,28?,31+,32-,33+,34+/m0/s1. The summed E-state index contributed by atoms with van der Waals surface area (Å²) in [6.07, 6.45) is 14.2. The molecule has 3 heteroatoms.